The SMILES string of the molecule is CC(=O)NCC#Cc1ccc(Cl)cc1C#N. The van der Waals surface area contributed by atoms with Crippen LogP contribution in [0.25, 0.3) is 0 Å². The summed E-state index contributed by atoms with van der Waals surface area (Å²) in [5.41, 5.74) is 1.04. The molecule has 1 amide bonds. The summed E-state index contributed by atoms with van der Waals surface area (Å²) in [6.45, 7) is 1.69. The van der Waals surface area contributed by atoms with Crippen LogP contribution in [0, 0.1) is 23.2 Å². The van der Waals surface area contributed by atoms with Gasteiger partial charge in [-0.15, -0.1) is 0 Å². The molecule has 1 N–H and O–H groups in total. The Hall–Kier alpha value is -1.97. The first kappa shape index (κ1) is 12.1. The van der Waals surface area contributed by atoms with E-state index in [2.05, 4.69) is 17.2 Å². The average molecular weight is 233 g/mol. The van der Waals surface area contributed by atoms with Crippen LogP contribution in [-0.4, -0.2) is 12.5 Å². The second-order valence-electron chi connectivity index (χ2n) is 3.01. The highest BCUT2D eigenvalue weighted by Crippen LogP contribution is 2.14. The van der Waals surface area contributed by atoms with Gasteiger partial charge in [0.15, 0.2) is 0 Å². The van der Waals surface area contributed by atoms with Gasteiger partial charge in [-0.3, -0.25) is 4.79 Å². The topological polar surface area (TPSA) is 52.9 Å². The maximum atomic E-state index is 10.6. The van der Waals surface area contributed by atoms with E-state index in [1.807, 2.05) is 6.07 Å². The van der Waals surface area contributed by atoms with Gasteiger partial charge in [0, 0.05) is 17.5 Å². The van der Waals surface area contributed by atoms with Crippen LogP contribution < -0.4 is 5.32 Å². The predicted octanol–water partition coefficient (Wildman–Crippen LogP) is 1.70. The lowest BCUT2D eigenvalue weighted by atomic mass is 10.1. The minimum Gasteiger partial charge on any atom is -0.345 e. The highest BCUT2D eigenvalue weighted by Gasteiger charge is 1.99. The fraction of sp³-hybridized carbons (Fsp3) is 0.167. The van der Waals surface area contributed by atoms with E-state index in [4.69, 9.17) is 16.9 Å². The summed E-state index contributed by atoms with van der Waals surface area (Å²) in [5, 5.41) is 11.9. The van der Waals surface area contributed by atoms with E-state index >= 15 is 0 Å². The number of benzene rings is 1. The third kappa shape index (κ3) is 3.65. The number of nitriles is 1. The molecule has 4 heteroatoms. The van der Waals surface area contributed by atoms with Gasteiger partial charge in [0.2, 0.25) is 5.91 Å². The molecule has 1 aromatic carbocycles. The molecule has 0 atom stereocenters. The van der Waals surface area contributed by atoms with Gasteiger partial charge < -0.3 is 5.32 Å². The normalized spacial score (nSPS) is 8.56. The van der Waals surface area contributed by atoms with E-state index in [0.717, 1.165) is 0 Å². The zero-order chi connectivity index (χ0) is 12.0. The lowest BCUT2D eigenvalue weighted by molar-refractivity contribution is -0.118. The van der Waals surface area contributed by atoms with Crippen LogP contribution in [-0.2, 0) is 4.79 Å². The van der Waals surface area contributed by atoms with Crippen molar-refractivity contribution in [2.45, 2.75) is 6.92 Å². The minimum absolute atomic E-state index is 0.133. The molecular formula is C12H9ClN2O. The number of nitrogens with zero attached hydrogens (tertiary/aromatic N) is 1. The second-order valence-corrected chi connectivity index (χ2v) is 3.45. The highest BCUT2D eigenvalue weighted by atomic mass is 35.5. The number of hydrogen-bond acceptors (Lipinski definition) is 2. The monoisotopic (exact) mass is 232 g/mol. The van der Waals surface area contributed by atoms with E-state index in [1.54, 1.807) is 18.2 Å². The van der Waals surface area contributed by atoms with Crippen molar-refractivity contribution in [1.29, 1.82) is 5.26 Å². The zero-order valence-electron chi connectivity index (χ0n) is 8.67. The summed E-state index contributed by atoms with van der Waals surface area (Å²) in [6, 6.07) is 6.92. The Kier molecular flexibility index (Phi) is 4.39. The van der Waals surface area contributed by atoms with Gasteiger partial charge in [0.25, 0.3) is 0 Å². The Morgan fingerprint density at radius 3 is 2.88 bits per heavy atom. The molecule has 0 aromatic heterocycles. The van der Waals surface area contributed by atoms with Crippen LogP contribution in [0.3, 0.4) is 0 Å². The summed E-state index contributed by atoms with van der Waals surface area (Å²) in [4.78, 5) is 10.6. The van der Waals surface area contributed by atoms with Gasteiger partial charge in [0.05, 0.1) is 12.1 Å². The summed E-state index contributed by atoms with van der Waals surface area (Å²) in [7, 11) is 0. The molecule has 3 nitrogen and oxygen atoms in total. The number of rotatable bonds is 1. The van der Waals surface area contributed by atoms with Gasteiger partial charge >= 0.3 is 0 Å². The molecule has 0 radical (unpaired) electrons. The number of amides is 1. The second kappa shape index (κ2) is 5.80. The smallest absolute Gasteiger partial charge is 0.217 e. The van der Waals surface area contributed by atoms with E-state index in [1.165, 1.54) is 6.92 Å². The average Bonchev–Trinajstić information content (AvgIpc) is 2.25. The lowest BCUT2D eigenvalue weighted by Gasteiger charge is -1.96. The molecule has 0 heterocycles. The minimum atomic E-state index is -0.133. The number of carbonyl (C=O) groups excluding carboxylic acids is 1. The Morgan fingerprint density at radius 1 is 1.50 bits per heavy atom. The Bertz CT molecular complexity index is 506. The first-order valence-electron chi connectivity index (χ1n) is 4.56. The zero-order valence-corrected chi connectivity index (χ0v) is 9.43. The van der Waals surface area contributed by atoms with Crippen LogP contribution in [0.15, 0.2) is 18.2 Å². The molecule has 0 fully saturated rings. The molecule has 0 bridgehead atoms. The fourth-order valence-electron chi connectivity index (χ4n) is 1.03. The molecule has 1 rings (SSSR count). The van der Waals surface area contributed by atoms with Gasteiger partial charge in [-0.25, -0.2) is 0 Å². The van der Waals surface area contributed by atoms with Crippen molar-refractivity contribution >= 4 is 17.5 Å². The molecule has 0 aliphatic carbocycles. The van der Waals surface area contributed by atoms with Crippen molar-refractivity contribution in [2.24, 2.45) is 0 Å². The largest absolute Gasteiger partial charge is 0.345 e. The van der Waals surface area contributed by atoms with Crippen molar-refractivity contribution in [3.63, 3.8) is 0 Å². The van der Waals surface area contributed by atoms with Gasteiger partial charge in [-0.2, -0.15) is 5.26 Å². The van der Waals surface area contributed by atoms with Crippen LogP contribution in [0.4, 0.5) is 0 Å². The molecular weight excluding hydrogens is 224 g/mol. The van der Waals surface area contributed by atoms with Crippen molar-refractivity contribution in [3.8, 4) is 17.9 Å². The van der Waals surface area contributed by atoms with Crippen molar-refractivity contribution in [2.75, 3.05) is 6.54 Å². The van der Waals surface area contributed by atoms with E-state index < -0.39 is 0 Å². The van der Waals surface area contributed by atoms with Crippen molar-refractivity contribution in [1.82, 2.24) is 5.32 Å². The molecule has 0 saturated heterocycles. The number of carbonyl (C=O) groups is 1. The van der Waals surface area contributed by atoms with Gasteiger partial charge in [0.1, 0.15) is 6.07 Å². The number of halogens is 1. The molecule has 0 unspecified atom stereocenters. The maximum Gasteiger partial charge on any atom is 0.217 e. The lowest BCUT2D eigenvalue weighted by Crippen LogP contribution is -2.19. The molecule has 0 aliphatic heterocycles. The first-order chi connectivity index (χ1) is 7.63. The van der Waals surface area contributed by atoms with Crippen molar-refractivity contribution < 1.29 is 4.79 Å². The highest BCUT2D eigenvalue weighted by molar-refractivity contribution is 6.30. The number of nitrogens with one attached hydrogen (secondary N) is 1. The van der Waals surface area contributed by atoms with Gasteiger partial charge in [-0.1, -0.05) is 23.4 Å². The third-order valence-corrected chi connectivity index (χ3v) is 1.99. The van der Waals surface area contributed by atoms with Gasteiger partial charge in [-0.05, 0) is 18.2 Å². The molecule has 1 aromatic rings. The Labute approximate surface area is 99.0 Å². The third-order valence-electron chi connectivity index (χ3n) is 1.75. The van der Waals surface area contributed by atoms with Crippen LogP contribution in [0.5, 0.6) is 0 Å². The van der Waals surface area contributed by atoms with E-state index in [-0.39, 0.29) is 12.5 Å². The standard InChI is InChI=1S/C12H9ClN2O/c1-9(16)15-6-2-3-10-4-5-12(13)7-11(10)8-14/h4-5,7H,6H2,1H3,(H,15,16). The molecule has 16 heavy (non-hydrogen) atoms. The quantitative estimate of drug-likeness (QED) is 0.750. The first-order valence-corrected chi connectivity index (χ1v) is 4.94. The predicted molar refractivity (Wildman–Crippen MR) is 61.7 cm³/mol. The summed E-state index contributed by atoms with van der Waals surface area (Å²) in [5.74, 6) is 5.42. The molecule has 0 spiro atoms. The summed E-state index contributed by atoms with van der Waals surface area (Å²) < 4.78 is 0. The summed E-state index contributed by atoms with van der Waals surface area (Å²) in [6.07, 6.45) is 0. The van der Waals surface area contributed by atoms with Crippen LogP contribution >= 0.6 is 11.6 Å². The van der Waals surface area contributed by atoms with Crippen LogP contribution in [0.1, 0.15) is 18.1 Å². The van der Waals surface area contributed by atoms with E-state index in [9.17, 15) is 4.79 Å². The van der Waals surface area contributed by atoms with E-state index in [0.29, 0.717) is 16.1 Å². The fourth-order valence-corrected chi connectivity index (χ4v) is 1.20. The van der Waals surface area contributed by atoms with Crippen LogP contribution in [0.2, 0.25) is 5.02 Å². The number of hydrogen-bond donors (Lipinski definition) is 1. The molecule has 80 valence electrons. The maximum absolute atomic E-state index is 10.6. The molecule has 0 aliphatic rings. The Morgan fingerprint density at radius 2 is 2.25 bits per heavy atom. The summed E-state index contributed by atoms with van der Waals surface area (Å²) >= 11 is 5.74. The Balaban J connectivity index is 2.81. The molecule has 0 saturated carbocycles. The van der Waals surface area contributed by atoms with Crippen molar-refractivity contribution in [3.05, 3.63) is 34.3 Å².